The minimum absolute atomic E-state index is 0.456. The number of H-pyrrole nitrogens is 1. The third kappa shape index (κ3) is 2.08. The molecular weight excluding hydrogens is 282 g/mol. The van der Waals surface area contributed by atoms with Crippen LogP contribution in [0, 0.1) is 0 Å². The average Bonchev–Trinajstić information content (AvgIpc) is 3.11. The number of aliphatic carboxylic acids is 1. The second-order valence-corrected chi connectivity index (χ2v) is 5.48. The van der Waals surface area contributed by atoms with Crippen LogP contribution in [0.3, 0.4) is 0 Å². The van der Waals surface area contributed by atoms with Gasteiger partial charge in [0.1, 0.15) is 11.3 Å². The van der Waals surface area contributed by atoms with Crippen molar-refractivity contribution in [1.29, 1.82) is 0 Å². The monoisotopic (exact) mass is 297 g/mol. The van der Waals surface area contributed by atoms with Crippen LogP contribution >= 0.6 is 0 Å². The molecule has 6 nitrogen and oxygen atoms in total. The smallest absolute Gasteiger partial charge is 0.327 e. The van der Waals surface area contributed by atoms with Crippen molar-refractivity contribution in [1.82, 2.24) is 14.9 Å². The van der Waals surface area contributed by atoms with E-state index in [1.807, 2.05) is 35.2 Å². The van der Waals surface area contributed by atoms with Gasteiger partial charge in [0.25, 0.3) is 0 Å². The van der Waals surface area contributed by atoms with Gasteiger partial charge in [-0.25, -0.2) is 4.98 Å². The van der Waals surface area contributed by atoms with E-state index in [1.165, 1.54) is 0 Å². The summed E-state index contributed by atoms with van der Waals surface area (Å²) in [5, 5.41) is 10.6. The molecule has 6 heteroatoms. The summed E-state index contributed by atoms with van der Waals surface area (Å²) in [5.41, 5.74) is 2.34. The molecule has 0 bridgehead atoms. The first kappa shape index (κ1) is 13.1. The number of carboxylic acids is 1. The van der Waals surface area contributed by atoms with Crippen LogP contribution in [0.2, 0.25) is 0 Å². The number of benzene rings is 1. The molecule has 2 aromatic heterocycles. The Morgan fingerprint density at radius 1 is 1.45 bits per heavy atom. The molecule has 0 amide bonds. The molecule has 3 heterocycles. The van der Waals surface area contributed by atoms with E-state index in [1.54, 1.807) is 6.33 Å². The Morgan fingerprint density at radius 3 is 3.14 bits per heavy atom. The van der Waals surface area contributed by atoms with Gasteiger partial charge in [-0.2, -0.15) is 0 Å². The van der Waals surface area contributed by atoms with Crippen molar-refractivity contribution >= 4 is 16.9 Å². The van der Waals surface area contributed by atoms with Crippen molar-refractivity contribution in [3.05, 3.63) is 53.8 Å². The van der Waals surface area contributed by atoms with Gasteiger partial charge in [-0.05, 0) is 12.1 Å². The maximum Gasteiger partial charge on any atom is 0.327 e. The van der Waals surface area contributed by atoms with Crippen molar-refractivity contribution in [3.8, 4) is 0 Å². The molecule has 0 spiro atoms. The molecule has 2 N–H and O–H groups in total. The third-order valence-corrected chi connectivity index (χ3v) is 4.09. The van der Waals surface area contributed by atoms with Gasteiger partial charge in [-0.15, -0.1) is 0 Å². The molecular formula is C16H15N3O3. The molecule has 4 rings (SSSR count). The average molecular weight is 297 g/mol. The topological polar surface area (TPSA) is 82.4 Å². The number of carbonyl (C=O) groups is 1. The number of nitrogens with one attached hydrogen (secondary N) is 1. The number of carboxylic acid groups (broad SMARTS) is 1. The van der Waals surface area contributed by atoms with Gasteiger partial charge in [0.2, 0.25) is 0 Å². The van der Waals surface area contributed by atoms with Crippen LogP contribution in [0.15, 0.2) is 41.1 Å². The number of rotatable bonds is 3. The highest BCUT2D eigenvalue weighted by Crippen LogP contribution is 2.30. The number of hydrogen-bond acceptors (Lipinski definition) is 4. The maximum absolute atomic E-state index is 11.7. The Hall–Kier alpha value is -2.60. The lowest BCUT2D eigenvalue weighted by Gasteiger charge is -2.31. The molecule has 1 aromatic carbocycles. The van der Waals surface area contributed by atoms with Crippen LogP contribution in [0.25, 0.3) is 11.0 Å². The van der Waals surface area contributed by atoms with Gasteiger partial charge in [0.15, 0.2) is 6.04 Å². The number of aromatic amines is 1. The summed E-state index contributed by atoms with van der Waals surface area (Å²) in [6.45, 7) is 1.11. The van der Waals surface area contributed by atoms with E-state index in [0.717, 1.165) is 28.8 Å². The molecule has 3 aromatic rings. The number of aromatic nitrogens is 2. The SMILES string of the molecule is O=C(O)[C@H]1c2nc[nH]c2CCN1Cc1cc2ccccc2o1. The molecule has 0 radical (unpaired) electrons. The zero-order valence-corrected chi connectivity index (χ0v) is 11.8. The standard InChI is InChI=1S/C16H15N3O3/c20-16(21)15-14-12(17-9-18-14)5-6-19(15)8-11-7-10-3-1-2-4-13(10)22-11/h1-4,7,9,15H,5-6,8H2,(H,17,18)(H,20,21)/t15-/m1/s1. The minimum Gasteiger partial charge on any atom is -0.480 e. The fourth-order valence-electron chi connectivity index (χ4n) is 3.08. The zero-order chi connectivity index (χ0) is 15.1. The van der Waals surface area contributed by atoms with E-state index in [4.69, 9.17) is 4.42 Å². The highest BCUT2D eigenvalue weighted by atomic mass is 16.4. The van der Waals surface area contributed by atoms with Gasteiger partial charge in [0.05, 0.1) is 18.6 Å². The highest BCUT2D eigenvalue weighted by Gasteiger charge is 2.35. The Kier molecular flexibility index (Phi) is 2.97. The summed E-state index contributed by atoms with van der Waals surface area (Å²) in [5.74, 6) is -0.115. The van der Waals surface area contributed by atoms with E-state index in [-0.39, 0.29) is 0 Å². The molecule has 1 aliphatic rings. The van der Waals surface area contributed by atoms with Crippen LogP contribution < -0.4 is 0 Å². The van der Waals surface area contributed by atoms with Gasteiger partial charge in [-0.3, -0.25) is 9.69 Å². The molecule has 0 unspecified atom stereocenters. The van der Waals surface area contributed by atoms with Crippen LogP contribution in [0.1, 0.15) is 23.2 Å². The first-order chi connectivity index (χ1) is 10.7. The van der Waals surface area contributed by atoms with Crippen LogP contribution in [0.5, 0.6) is 0 Å². The Balaban J connectivity index is 1.65. The van der Waals surface area contributed by atoms with Gasteiger partial charge in [0, 0.05) is 24.0 Å². The lowest BCUT2D eigenvalue weighted by atomic mass is 10.0. The normalized spacial score (nSPS) is 18.5. The molecule has 0 saturated heterocycles. The van der Waals surface area contributed by atoms with Crippen LogP contribution in [-0.2, 0) is 17.8 Å². The van der Waals surface area contributed by atoms with Crippen LogP contribution in [-0.4, -0.2) is 32.5 Å². The first-order valence-corrected chi connectivity index (χ1v) is 7.19. The van der Waals surface area contributed by atoms with Gasteiger partial charge in [-0.1, -0.05) is 18.2 Å². The Bertz CT molecular complexity index is 803. The van der Waals surface area contributed by atoms with E-state index >= 15 is 0 Å². The van der Waals surface area contributed by atoms with E-state index in [9.17, 15) is 9.90 Å². The second-order valence-electron chi connectivity index (χ2n) is 5.48. The summed E-state index contributed by atoms with van der Waals surface area (Å²) in [4.78, 5) is 20.8. The molecule has 112 valence electrons. The van der Waals surface area contributed by atoms with E-state index < -0.39 is 12.0 Å². The fourth-order valence-corrected chi connectivity index (χ4v) is 3.08. The lowest BCUT2D eigenvalue weighted by molar-refractivity contribution is -0.144. The van der Waals surface area contributed by atoms with Gasteiger partial charge < -0.3 is 14.5 Å². The summed E-state index contributed by atoms with van der Waals surface area (Å²) >= 11 is 0. The van der Waals surface area contributed by atoms with Crippen molar-refractivity contribution in [2.45, 2.75) is 19.0 Å². The first-order valence-electron chi connectivity index (χ1n) is 7.19. The number of hydrogen-bond donors (Lipinski definition) is 2. The number of fused-ring (bicyclic) bond motifs is 2. The molecule has 0 saturated carbocycles. The Labute approximate surface area is 126 Å². The second kappa shape index (κ2) is 4.99. The van der Waals surface area contributed by atoms with Crippen molar-refractivity contribution < 1.29 is 14.3 Å². The quantitative estimate of drug-likeness (QED) is 0.775. The molecule has 22 heavy (non-hydrogen) atoms. The molecule has 1 aliphatic heterocycles. The predicted octanol–water partition coefficient (Wildman–Crippen LogP) is 2.34. The Morgan fingerprint density at radius 2 is 2.32 bits per heavy atom. The van der Waals surface area contributed by atoms with Gasteiger partial charge >= 0.3 is 5.97 Å². The van der Waals surface area contributed by atoms with E-state index in [2.05, 4.69) is 9.97 Å². The maximum atomic E-state index is 11.7. The summed E-state index contributed by atoms with van der Waals surface area (Å²) < 4.78 is 5.81. The van der Waals surface area contributed by atoms with Crippen LogP contribution in [0.4, 0.5) is 0 Å². The minimum atomic E-state index is -0.885. The number of imidazole rings is 1. The number of nitrogens with zero attached hydrogens (tertiary/aromatic N) is 2. The lowest BCUT2D eigenvalue weighted by Crippen LogP contribution is -2.39. The fraction of sp³-hybridized carbons (Fsp3) is 0.250. The molecule has 1 atom stereocenters. The highest BCUT2D eigenvalue weighted by molar-refractivity contribution is 5.78. The zero-order valence-electron chi connectivity index (χ0n) is 11.8. The number of furan rings is 1. The van der Waals surface area contributed by atoms with E-state index in [0.29, 0.717) is 18.8 Å². The summed E-state index contributed by atoms with van der Waals surface area (Å²) in [6, 6.07) is 9.01. The predicted molar refractivity (Wildman–Crippen MR) is 79.3 cm³/mol. The molecule has 0 aliphatic carbocycles. The van der Waals surface area contributed by atoms with Crippen molar-refractivity contribution in [2.75, 3.05) is 6.54 Å². The molecule has 0 fully saturated rings. The summed E-state index contributed by atoms with van der Waals surface area (Å²) in [7, 11) is 0. The largest absolute Gasteiger partial charge is 0.480 e. The third-order valence-electron chi connectivity index (χ3n) is 4.09. The van der Waals surface area contributed by atoms with Crippen molar-refractivity contribution in [2.24, 2.45) is 0 Å². The summed E-state index contributed by atoms with van der Waals surface area (Å²) in [6.07, 6.45) is 2.32. The number of para-hydroxylation sites is 1. The van der Waals surface area contributed by atoms with Crippen molar-refractivity contribution in [3.63, 3.8) is 0 Å².